The fourth-order valence-corrected chi connectivity index (χ4v) is 2.59. The van der Waals surface area contributed by atoms with Gasteiger partial charge in [0.2, 0.25) is 5.91 Å². The van der Waals surface area contributed by atoms with E-state index in [0.717, 1.165) is 12.1 Å². The van der Waals surface area contributed by atoms with Crippen molar-refractivity contribution in [1.82, 2.24) is 0 Å². The highest BCUT2D eigenvalue weighted by molar-refractivity contribution is 8.01. The lowest BCUT2D eigenvalue weighted by molar-refractivity contribution is -0.136. The normalized spacial score (nSPS) is 13.3. The molecule has 0 saturated carbocycles. The van der Waals surface area contributed by atoms with E-state index in [9.17, 15) is 18.0 Å². The molecule has 0 aliphatic carbocycles. The van der Waals surface area contributed by atoms with E-state index in [2.05, 4.69) is 5.32 Å². The summed E-state index contributed by atoms with van der Waals surface area (Å²) in [5.74, 6) is -0.332. The second-order valence-corrected chi connectivity index (χ2v) is 6.54. The van der Waals surface area contributed by atoms with Crippen LogP contribution in [0.4, 0.5) is 24.5 Å². The Bertz CT molecular complexity index is 489. The number of anilines is 2. The van der Waals surface area contributed by atoms with Crippen molar-refractivity contribution in [3.63, 3.8) is 0 Å². The van der Waals surface area contributed by atoms with E-state index in [4.69, 9.17) is 5.73 Å². The number of benzene rings is 1. The topological polar surface area (TPSA) is 55.1 Å². The Labute approximate surface area is 120 Å². The van der Waals surface area contributed by atoms with Crippen molar-refractivity contribution in [3.05, 3.63) is 23.8 Å². The van der Waals surface area contributed by atoms with Crippen LogP contribution in [0.25, 0.3) is 0 Å². The van der Waals surface area contributed by atoms with Crippen molar-refractivity contribution in [3.8, 4) is 0 Å². The third-order valence-corrected chi connectivity index (χ3v) is 3.64. The average Bonchev–Trinajstić information content (AvgIpc) is 2.29. The van der Waals surface area contributed by atoms with Gasteiger partial charge in [0.1, 0.15) is 0 Å². The van der Waals surface area contributed by atoms with E-state index >= 15 is 0 Å². The second-order valence-electron chi connectivity index (χ2n) is 4.62. The quantitative estimate of drug-likeness (QED) is 0.833. The first-order chi connectivity index (χ1) is 9.11. The van der Waals surface area contributed by atoms with E-state index in [1.54, 1.807) is 6.92 Å². The number of carbonyl (C=O) groups is 1. The number of thioether (sulfide) groups is 1. The number of nitrogens with one attached hydrogen (secondary N) is 1. The van der Waals surface area contributed by atoms with Crippen LogP contribution in [0.3, 0.4) is 0 Å². The van der Waals surface area contributed by atoms with Crippen molar-refractivity contribution >= 4 is 29.0 Å². The lowest BCUT2D eigenvalue weighted by Crippen LogP contribution is -2.24. The average molecular weight is 306 g/mol. The van der Waals surface area contributed by atoms with Crippen LogP contribution in [0.5, 0.6) is 0 Å². The molecule has 20 heavy (non-hydrogen) atoms. The maximum Gasteiger partial charge on any atom is 0.418 e. The van der Waals surface area contributed by atoms with Gasteiger partial charge in [0, 0.05) is 11.4 Å². The van der Waals surface area contributed by atoms with Crippen molar-refractivity contribution in [1.29, 1.82) is 0 Å². The smallest absolute Gasteiger partial charge is 0.398 e. The molecule has 1 unspecified atom stereocenters. The van der Waals surface area contributed by atoms with Crippen LogP contribution in [0.15, 0.2) is 18.2 Å². The second kappa shape index (κ2) is 6.39. The molecule has 0 bridgehead atoms. The van der Waals surface area contributed by atoms with Crippen LogP contribution in [-0.2, 0) is 11.0 Å². The Morgan fingerprint density at radius 2 is 1.90 bits per heavy atom. The first kappa shape index (κ1) is 16.7. The highest BCUT2D eigenvalue weighted by atomic mass is 32.2. The molecular weight excluding hydrogens is 289 g/mol. The number of rotatable bonds is 4. The molecule has 1 atom stereocenters. The molecule has 3 nitrogen and oxygen atoms in total. The van der Waals surface area contributed by atoms with Gasteiger partial charge in [-0.15, -0.1) is 11.8 Å². The predicted molar refractivity (Wildman–Crippen MR) is 76.7 cm³/mol. The molecule has 0 spiro atoms. The minimum atomic E-state index is -4.54. The molecule has 0 saturated heterocycles. The third-order valence-electron chi connectivity index (χ3n) is 2.47. The number of alkyl halides is 3. The molecule has 1 aromatic carbocycles. The maximum atomic E-state index is 12.7. The summed E-state index contributed by atoms with van der Waals surface area (Å²) in [6, 6.07) is 3.34. The largest absolute Gasteiger partial charge is 0.418 e. The Hall–Kier alpha value is -1.37. The predicted octanol–water partition coefficient (Wildman–Crippen LogP) is 3.76. The first-order valence-corrected chi connectivity index (χ1v) is 6.98. The number of hydrogen-bond donors (Lipinski definition) is 2. The van der Waals surface area contributed by atoms with Crippen LogP contribution < -0.4 is 11.1 Å². The third kappa shape index (κ3) is 4.63. The Kier molecular flexibility index (Phi) is 5.33. The number of nitrogen functional groups attached to an aromatic ring is 1. The number of halogens is 3. The van der Waals surface area contributed by atoms with Gasteiger partial charge in [0.05, 0.1) is 10.8 Å². The van der Waals surface area contributed by atoms with Gasteiger partial charge >= 0.3 is 6.18 Å². The highest BCUT2D eigenvalue weighted by Crippen LogP contribution is 2.35. The molecule has 1 aromatic rings. The summed E-state index contributed by atoms with van der Waals surface area (Å²) < 4.78 is 38.1. The maximum absolute atomic E-state index is 12.7. The number of nitrogens with two attached hydrogens (primary N) is 1. The molecule has 0 aliphatic heterocycles. The zero-order valence-electron chi connectivity index (χ0n) is 11.4. The Balaban J connectivity index is 2.86. The molecule has 7 heteroatoms. The van der Waals surface area contributed by atoms with Gasteiger partial charge < -0.3 is 11.1 Å². The van der Waals surface area contributed by atoms with Crippen molar-refractivity contribution < 1.29 is 18.0 Å². The molecule has 3 N–H and O–H groups in total. The lowest BCUT2D eigenvalue weighted by atomic mass is 10.1. The summed E-state index contributed by atoms with van der Waals surface area (Å²) in [6.07, 6.45) is -4.54. The van der Waals surface area contributed by atoms with E-state index in [-0.39, 0.29) is 27.8 Å². The Morgan fingerprint density at radius 3 is 2.40 bits per heavy atom. The molecule has 112 valence electrons. The first-order valence-electron chi connectivity index (χ1n) is 6.04. The van der Waals surface area contributed by atoms with Crippen molar-refractivity contribution in [2.75, 3.05) is 11.1 Å². The summed E-state index contributed by atoms with van der Waals surface area (Å²) in [6.45, 7) is 5.60. The number of carbonyl (C=O) groups excluding carboxylic acids is 1. The molecule has 0 radical (unpaired) electrons. The molecule has 0 heterocycles. The van der Waals surface area contributed by atoms with Crippen LogP contribution in [0, 0.1) is 0 Å². The van der Waals surface area contributed by atoms with Gasteiger partial charge in [0.15, 0.2) is 0 Å². The molecular formula is C13H17F3N2OS. The summed E-state index contributed by atoms with van der Waals surface area (Å²) in [5.41, 5.74) is 4.08. The lowest BCUT2D eigenvalue weighted by Gasteiger charge is -2.16. The summed E-state index contributed by atoms with van der Waals surface area (Å²) in [4.78, 5) is 11.8. The monoisotopic (exact) mass is 306 g/mol. The van der Waals surface area contributed by atoms with Gasteiger partial charge in [-0.05, 0) is 30.4 Å². The number of hydrogen-bond acceptors (Lipinski definition) is 3. The standard InChI is InChI=1S/C13H17F3N2OS/c1-7(2)20-8(3)12(19)18-9-4-5-11(17)10(6-9)13(14,15)16/h4-8H,17H2,1-3H3,(H,18,19). The van der Waals surface area contributed by atoms with E-state index < -0.39 is 11.7 Å². The van der Waals surface area contributed by atoms with E-state index in [1.807, 2.05) is 13.8 Å². The number of amides is 1. The summed E-state index contributed by atoms with van der Waals surface area (Å²) >= 11 is 1.44. The fourth-order valence-electron chi connectivity index (χ4n) is 1.59. The zero-order chi connectivity index (χ0) is 15.5. The molecule has 0 fully saturated rings. The zero-order valence-corrected chi connectivity index (χ0v) is 12.2. The van der Waals surface area contributed by atoms with Crippen LogP contribution >= 0.6 is 11.8 Å². The van der Waals surface area contributed by atoms with Gasteiger partial charge in [-0.1, -0.05) is 13.8 Å². The Morgan fingerprint density at radius 1 is 1.30 bits per heavy atom. The van der Waals surface area contributed by atoms with Crippen LogP contribution in [0.1, 0.15) is 26.3 Å². The molecule has 1 amide bonds. The summed E-state index contributed by atoms with van der Waals surface area (Å²) in [7, 11) is 0. The van der Waals surface area contributed by atoms with Gasteiger partial charge in [0.25, 0.3) is 0 Å². The highest BCUT2D eigenvalue weighted by Gasteiger charge is 2.33. The molecule has 0 aliphatic rings. The fraction of sp³-hybridized carbons (Fsp3) is 0.462. The summed E-state index contributed by atoms with van der Waals surface area (Å²) in [5, 5.41) is 2.38. The van der Waals surface area contributed by atoms with Gasteiger partial charge in [-0.3, -0.25) is 4.79 Å². The molecule has 0 aromatic heterocycles. The van der Waals surface area contributed by atoms with Crippen LogP contribution in [-0.4, -0.2) is 16.4 Å². The van der Waals surface area contributed by atoms with E-state index in [1.165, 1.54) is 17.8 Å². The van der Waals surface area contributed by atoms with Gasteiger partial charge in [-0.25, -0.2) is 0 Å². The van der Waals surface area contributed by atoms with Crippen molar-refractivity contribution in [2.24, 2.45) is 0 Å². The SMILES string of the molecule is CC(C)SC(C)C(=O)Nc1ccc(N)c(C(F)(F)F)c1. The van der Waals surface area contributed by atoms with Gasteiger partial charge in [-0.2, -0.15) is 13.2 Å². The van der Waals surface area contributed by atoms with Crippen molar-refractivity contribution in [2.45, 2.75) is 37.4 Å². The van der Waals surface area contributed by atoms with E-state index in [0.29, 0.717) is 0 Å². The minimum absolute atomic E-state index is 0.0905. The van der Waals surface area contributed by atoms with Crippen LogP contribution in [0.2, 0.25) is 0 Å². The molecule has 1 rings (SSSR count). The minimum Gasteiger partial charge on any atom is -0.398 e.